The molecule has 3 N–H and O–H groups in total. The lowest BCUT2D eigenvalue weighted by molar-refractivity contribution is 0.385. The molecule has 1 atom stereocenters. The van der Waals surface area contributed by atoms with E-state index in [1.807, 2.05) is 24.4 Å². The molecule has 1 aromatic heterocycles. The van der Waals surface area contributed by atoms with Crippen molar-refractivity contribution in [2.45, 2.75) is 13.0 Å². The molecule has 0 spiro atoms. The largest absolute Gasteiger partial charge is 0.494 e. The van der Waals surface area contributed by atoms with Crippen molar-refractivity contribution in [3.63, 3.8) is 0 Å². The first-order valence-electron chi connectivity index (χ1n) is 5.51. The van der Waals surface area contributed by atoms with E-state index in [0.29, 0.717) is 0 Å². The number of hydrazine groups is 1. The van der Waals surface area contributed by atoms with Crippen molar-refractivity contribution in [2.75, 3.05) is 7.11 Å². The van der Waals surface area contributed by atoms with Crippen LogP contribution in [0.1, 0.15) is 22.0 Å². The first-order chi connectivity index (χ1) is 8.67. The Kier molecular flexibility index (Phi) is 3.96. The Morgan fingerprint density at radius 2 is 2.17 bits per heavy atom. The molecule has 96 valence electrons. The van der Waals surface area contributed by atoms with Crippen LogP contribution in [0.15, 0.2) is 29.6 Å². The molecule has 18 heavy (non-hydrogen) atoms. The number of nitrogens with two attached hydrogens (primary N) is 1. The molecule has 0 fully saturated rings. The maximum atomic E-state index is 13.7. The van der Waals surface area contributed by atoms with Crippen LogP contribution in [-0.4, -0.2) is 7.11 Å². The van der Waals surface area contributed by atoms with Crippen molar-refractivity contribution in [1.82, 2.24) is 5.43 Å². The quantitative estimate of drug-likeness (QED) is 0.661. The van der Waals surface area contributed by atoms with E-state index in [1.165, 1.54) is 13.2 Å². The van der Waals surface area contributed by atoms with Gasteiger partial charge in [-0.3, -0.25) is 5.84 Å². The molecule has 5 heteroatoms. The lowest BCUT2D eigenvalue weighted by Crippen LogP contribution is -2.29. The van der Waals surface area contributed by atoms with Crippen LogP contribution in [0.2, 0.25) is 0 Å². The van der Waals surface area contributed by atoms with Gasteiger partial charge in [-0.1, -0.05) is 6.07 Å². The standard InChI is InChI=1S/C13H15FN2OS/c1-8-10(5-6-18-8)13(16-15)9-3-4-12(17-2)11(14)7-9/h3-7,13,16H,15H2,1-2H3. The van der Waals surface area contributed by atoms with Crippen LogP contribution < -0.4 is 16.0 Å². The van der Waals surface area contributed by atoms with Crippen LogP contribution in [0.25, 0.3) is 0 Å². The van der Waals surface area contributed by atoms with Gasteiger partial charge in [0.2, 0.25) is 0 Å². The first kappa shape index (κ1) is 13.0. The van der Waals surface area contributed by atoms with Gasteiger partial charge in [0.05, 0.1) is 13.2 Å². The Labute approximate surface area is 109 Å². The third-order valence-corrected chi connectivity index (χ3v) is 3.75. The first-order valence-corrected chi connectivity index (χ1v) is 6.39. The van der Waals surface area contributed by atoms with Gasteiger partial charge >= 0.3 is 0 Å². The summed E-state index contributed by atoms with van der Waals surface area (Å²) in [5.74, 6) is 5.43. The SMILES string of the molecule is COc1ccc(C(NN)c2ccsc2C)cc1F. The predicted molar refractivity (Wildman–Crippen MR) is 71.2 cm³/mol. The molecule has 2 rings (SSSR count). The average Bonchev–Trinajstić information content (AvgIpc) is 2.77. The molecule has 0 aliphatic carbocycles. The molecule has 1 heterocycles. The Morgan fingerprint density at radius 3 is 2.67 bits per heavy atom. The zero-order valence-corrected chi connectivity index (χ0v) is 11.1. The van der Waals surface area contributed by atoms with E-state index < -0.39 is 0 Å². The van der Waals surface area contributed by atoms with Crippen LogP contribution >= 0.6 is 11.3 Å². The third-order valence-electron chi connectivity index (χ3n) is 2.89. The summed E-state index contributed by atoms with van der Waals surface area (Å²) in [4.78, 5) is 1.16. The third kappa shape index (κ3) is 2.38. The van der Waals surface area contributed by atoms with Crippen molar-refractivity contribution >= 4 is 11.3 Å². The van der Waals surface area contributed by atoms with Crippen molar-refractivity contribution < 1.29 is 9.13 Å². The summed E-state index contributed by atoms with van der Waals surface area (Å²) < 4.78 is 18.6. The van der Waals surface area contributed by atoms with Gasteiger partial charge in [-0.05, 0) is 41.6 Å². The number of ether oxygens (including phenoxy) is 1. The van der Waals surface area contributed by atoms with Gasteiger partial charge in [0.1, 0.15) is 0 Å². The predicted octanol–water partition coefficient (Wildman–Crippen LogP) is 2.76. The highest BCUT2D eigenvalue weighted by atomic mass is 32.1. The van der Waals surface area contributed by atoms with Gasteiger partial charge < -0.3 is 4.74 Å². The summed E-state index contributed by atoms with van der Waals surface area (Å²) in [7, 11) is 1.44. The number of rotatable bonds is 4. The maximum Gasteiger partial charge on any atom is 0.165 e. The molecule has 3 nitrogen and oxygen atoms in total. The Morgan fingerprint density at radius 1 is 1.39 bits per heavy atom. The molecule has 0 bridgehead atoms. The number of nitrogens with one attached hydrogen (secondary N) is 1. The minimum absolute atomic E-state index is 0.211. The van der Waals surface area contributed by atoms with E-state index in [9.17, 15) is 4.39 Å². The van der Waals surface area contributed by atoms with E-state index in [2.05, 4.69) is 5.43 Å². The number of methoxy groups -OCH3 is 1. The second kappa shape index (κ2) is 5.48. The summed E-state index contributed by atoms with van der Waals surface area (Å²) in [5.41, 5.74) is 4.56. The van der Waals surface area contributed by atoms with Crippen LogP contribution in [-0.2, 0) is 0 Å². The summed E-state index contributed by atoms with van der Waals surface area (Å²) in [6.07, 6.45) is 0. The monoisotopic (exact) mass is 266 g/mol. The van der Waals surface area contributed by atoms with E-state index in [1.54, 1.807) is 17.4 Å². The fourth-order valence-electron chi connectivity index (χ4n) is 1.92. The van der Waals surface area contributed by atoms with Gasteiger partial charge in [-0.25, -0.2) is 9.82 Å². The lowest BCUT2D eigenvalue weighted by Gasteiger charge is -2.17. The molecule has 0 saturated carbocycles. The van der Waals surface area contributed by atoms with Crippen LogP contribution in [0.4, 0.5) is 4.39 Å². The molecule has 0 amide bonds. The molecule has 0 saturated heterocycles. The molecule has 0 radical (unpaired) electrons. The highest BCUT2D eigenvalue weighted by molar-refractivity contribution is 7.10. The van der Waals surface area contributed by atoms with Gasteiger partial charge in [-0.2, -0.15) is 0 Å². The summed E-state index contributed by atoms with van der Waals surface area (Å²) in [6.45, 7) is 2.02. The highest BCUT2D eigenvalue weighted by Crippen LogP contribution is 2.29. The summed E-state index contributed by atoms with van der Waals surface area (Å²) in [6, 6.07) is 6.64. The molecule has 0 aliphatic heterocycles. The van der Waals surface area contributed by atoms with E-state index in [4.69, 9.17) is 10.6 Å². The van der Waals surface area contributed by atoms with Gasteiger partial charge in [0.25, 0.3) is 0 Å². The smallest absolute Gasteiger partial charge is 0.165 e. The normalized spacial score (nSPS) is 12.4. The Hall–Kier alpha value is -1.43. The molecule has 1 unspecified atom stereocenters. The van der Waals surface area contributed by atoms with Gasteiger partial charge in [0.15, 0.2) is 11.6 Å². The second-order valence-electron chi connectivity index (χ2n) is 3.93. The van der Waals surface area contributed by atoms with E-state index >= 15 is 0 Å². The molecular formula is C13H15FN2OS. The summed E-state index contributed by atoms with van der Waals surface area (Å²) in [5, 5.41) is 1.99. The lowest BCUT2D eigenvalue weighted by atomic mass is 10.00. The van der Waals surface area contributed by atoms with Gasteiger partial charge in [-0.15, -0.1) is 11.3 Å². The zero-order chi connectivity index (χ0) is 13.1. The van der Waals surface area contributed by atoms with Gasteiger partial charge in [0, 0.05) is 4.88 Å². The Bertz CT molecular complexity index is 542. The van der Waals surface area contributed by atoms with Crippen molar-refractivity contribution in [3.05, 3.63) is 51.5 Å². The average molecular weight is 266 g/mol. The maximum absolute atomic E-state index is 13.7. The number of thiophene rings is 1. The number of halogens is 1. The zero-order valence-electron chi connectivity index (χ0n) is 10.2. The number of hydrogen-bond acceptors (Lipinski definition) is 4. The minimum Gasteiger partial charge on any atom is -0.494 e. The van der Waals surface area contributed by atoms with Crippen LogP contribution in [0.3, 0.4) is 0 Å². The highest BCUT2D eigenvalue weighted by Gasteiger charge is 2.17. The Balaban J connectivity index is 2.40. The molecule has 0 aliphatic rings. The van der Waals surface area contributed by atoms with Crippen LogP contribution in [0, 0.1) is 12.7 Å². The number of aryl methyl sites for hydroxylation is 1. The van der Waals surface area contributed by atoms with E-state index in [-0.39, 0.29) is 17.6 Å². The molecule has 1 aromatic carbocycles. The molecular weight excluding hydrogens is 251 g/mol. The number of hydrogen-bond donors (Lipinski definition) is 2. The minimum atomic E-state index is -0.386. The summed E-state index contributed by atoms with van der Waals surface area (Å²) >= 11 is 1.64. The van der Waals surface area contributed by atoms with Crippen molar-refractivity contribution in [2.24, 2.45) is 5.84 Å². The topological polar surface area (TPSA) is 47.3 Å². The molecule has 2 aromatic rings. The van der Waals surface area contributed by atoms with Crippen LogP contribution in [0.5, 0.6) is 5.75 Å². The second-order valence-corrected chi connectivity index (χ2v) is 5.05. The fourth-order valence-corrected chi connectivity index (χ4v) is 2.66. The van der Waals surface area contributed by atoms with Crippen molar-refractivity contribution in [1.29, 1.82) is 0 Å². The fraction of sp³-hybridized carbons (Fsp3) is 0.231. The van der Waals surface area contributed by atoms with Crippen molar-refractivity contribution in [3.8, 4) is 5.75 Å². The van der Waals surface area contributed by atoms with E-state index in [0.717, 1.165) is 16.0 Å². The number of benzene rings is 1.